The number of halogens is 3. The molecule has 0 aliphatic carbocycles. The summed E-state index contributed by atoms with van der Waals surface area (Å²) in [6.45, 7) is 8.30. The Morgan fingerprint density at radius 3 is 1.41 bits per heavy atom. The van der Waals surface area contributed by atoms with Crippen LogP contribution in [0.3, 0.4) is 0 Å². The van der Waals surface area contributed by atoms with E-state index in [4.69, 9.17) is 40.5 Å². The highest BCUT2D eigenvalue weighted by Crippen LogP contribution is 2.35. The van der Waals surface area contributed by atoms with Crippen LogP contribution in [0.5, 0.6) is 0 Å². The summed E-state index contributed by atoms with van der Waals surface area (Å²) in [5.74, 6) is 1.00. The zero-order valence-electron chi connectivity index (χ0n) is 33.8. The predicted molar refractivity (Wildman–Crippen MR) is 254 cm³/mol. The number of benzene rings is 4. The number of H-pyrrole nitrogens is 2. The molecule has 8 aromatic rings. The second kappa shape index (κ2) is 20.5. The topological polar surface area (TPSA) is 205 Å². The molecule has 8 rings (SSSR count). The van der Waals surface area contributed by atoms with Crippen molar-refractivity contribution in [3.05, 3.63) is 136 Å². The van der Waals surface area contributed by atoms with Gasteiger partial charge in [0.05, 0.1) is 0 Å². The molecule has 4 aromatic carbocycles. The third-order valence-electron chi connectivity index (χ3n) is 9.12. The molecule has 7 N–H and O–H groups in total. The molecule has 0 amide bonds. The van der Waals surface area contributed by atoms with Gasteiger partial charge in [-0.15, -0.1) is 0 Å². The van der Waals surface area contributed by atoms with Crippen LogP contribution in [-0.2, 0) is 22.0 Å². The zero-order valence-corrected chi connectivity index (χ0v) is 37.9. The van der Waals surface area contributed by atoms with E-state index < -0.39 is 14.3 Å². The van der Waals surface area contributed by atoms with E-state index in [0.717, 1.165) is 40.3 Å². The average Bonchev–Trinajstić information content (AvgIpc) is 3.82. The first-order valence-electron chi connectivity index (χ1n) is 19.0. The van der Waals surface area contributed by atoms with Crippen molar-refractivity contribution < 1.29 is 9.13 Å². The molecule has 0 aliphatic rings. The van der Waals surface area contributed by atoms with Crippen molar-refractivity contribution in [1.29, 1.82) is 0 Å². The Bertz CT molecular complexity index is 2790. The van der Waals surface area contributed by atoms with Crippen LogP contribution < -0.4 is 32.3 Å². The van der Waals surface area contributed by atoms with E-state index in [-0.39, 0.29) is 21.8 Å². The molecule has 0 spiro atoms. The molecule has 0 aliphatic heterocycles. The number of para-hydroxylation sites is 2. The van der Waals surface area contributed by atoms with Crippen molar-refractivity contribution in [1.82, 2.24) is 39.9 Å². The Morgan fingerprint density at radius 2 is 0.951 bits per heavy atom. The van der Waals surface area contributed by atoms with Gasteiger partial charge in [-0.2, -0.15) is 29.9 Å². The number of aromatic nitrogens is 8. The van der Waals surface area contributed by atoms with Gasteiger partial charge in [0.25, 0.3) is 0 Å². The van der Waals surface area contributed by atoms with Crippen LogP contribution >= 0.6 is 49.1 Å². The maximum absolute atomic E-state index is 12.2. The molecule has 61 heavy (non-hydrogen) atoms. The molecule has 19 heteroatoms. The van der Waals surface area contributed by atoms with E-state index in [1.54, 1.807) is 50.9 Å². The smallest absolute Gasteiger partial charge is 0.233 e. The van der Waals surface area contributed by atoms with Gasteiger partial charge in [-0.1, -0.05) is 36.4 Å². The van der Waals surface area contributed by atoms with E-state index in [0.29, 0.717) is 25.0 Å². The third-order valence-corrected chi connectivity index (χ3v) is 12.7. The fourth-order valence-electron chi connectivity index (χ4n) is 6.07. The normalized spacial score (nSPS) is 11.3. The van der Waals surface area contributed by atoms with Crippen molar-refractivity contribution in [3.8, 4) is 0 Å². The van der Waals surface area contributed by atoms with Gasteiger partial charge < -0.3 is 40.8 Å². The summed E-state index contributed by atoms with van der Waals surface area (Å²) in [5, 5.41) is 13.5. The zero-order chi connectivity index (χ0) is 43.6. The minimum absolute atomic E-state index is 0.0192. The molecule has 0 saturated carbocycles. The quantitative estimate of drug-likeness (QED) is 0.0634. The monoisotopic (exact) mass is 916 g/mol. The molecule has 0 bridgehead atoms. The standard InChI is InChI=1S/C21H22ClN6OP.C11H11Cl2N4OP.C10H12N2/c1-30(2,29)16-9-7-15(8-10-16)25-21-27-19(22)26-20(28-21)23-12-11-14-13-24-18-6-4-3-5-17(14)18;1-19(2,18)8-5-3-7(4-6-8)14-11-16-9(12)15-10(13)17-11;11-6-5-8-7-12-10-4-2-1-3-9(8)10/h3-10,13,24H,11-12H2,1-2H3,(H2,23,25,26,27,28);3-6H,1-2H3,(H,14,15,16,17);1-4,7,12H,5-6,11H2. The van der Waals surface area contributed by atoms with Crippen LogP contribution in [0.25, 0.3) is 21.8 Å². The third kappa shape index (κ3) is 13.1. The molecule has 0 unspecified atom stereocenters. The Morgan fingerprint density at radius 1 is 0.541 bits per heavy atom. The number of hydrogen-bond acceptors (Lipinski definition) is 12. The molecule has 316 valence electrons. The first-order valence-corrected chi connectivity index (χ1v) is 25.4. The molecule has 0 fully saturated rings. The van der Waals surface area contributed by atoms with Crippen molar-refractivity contribution in [2.24, 2.45) is 5.73 Å². The van der Waals surface area contributed by atoms with E-state index >= 15 is 0 Å². The van der Waals surface area contributed by atoms with Crippen LogP contribution in [0, 0.1) is 0 Å². The first kappa shape index (κ1) is 45.2. The number of aromatic amines is 2. The lowest BCUT2D eigenvalue weighted by Gasteiger charge is -2.10. The summed E-state index contributed by atoms with van der Waals surface area (Å²) < 4.78 is 24.0. The summed E-state index contributed by atoms with van der Waals surface area (Å²) >= 11 is 17.4. The summed E-state index contributed by atoms with van der Waals surface area (Å²) in [4.78, 5) is 30.6. The van der Waals surface area contributed by atoms with Gasteiger partial charge in [-0.05, 0) is 153 Å². The second-order valence-corrected chi connectivity index (χ2v) is 21.9. The fourth-order valence-corrected chi connectivity index (χ4v) is 8.33. The number of hydrogen-bond donors (Lipinski definition) is 6. The Kier molecular flexibility index (Phi) is 15.2. The van der Waals surface area contributed by atoms with Crippen LogP contribution in [0.15, 0.2) is 109 Å². The van der Waals surface area contributed by atoms with Crippen LogP contribution in [0.1, 0.15) is 11.1 Å². The van der Waals surface area contributed by atoms with E-state index in [1.165, 1.54) is 27.4 Å². The summed E-state index contributed by atoms with van der Waals surface area (Å²) in [5.41, 5.74) is 11.9. The maximum Gasteiger partial charge on any atom is 0.233 e. The van der Waals surface area contributed by atoms with Crippen LogP contribution in [0.2, 0.25) is 15.9 Å². The molecular formula is C42H45Cl3N12O2P2. The largest absolute Gasteiger partial charge is 0.361 e. The minimum Gasteiger partial charge on any atom is -0.361 e. The SMILES string of the molecule is CP(C)(=O)c1ccc(Nc2nc(Cl)nc(Cl)n2)cc1.CP(C)(=O)c1ccc(Nc2nc(Cl)nc(NCCc3c[nH]c4ccccc34)n2)cc1.NCCc1c[nH]c2ccccc12. The Labute approximate surface area is 368 Å². The van der Waals surface area contributed by atoms with E-state index in [9.17, 15) is 9.13 Å². The van der Waals surface area contributed by atoms with Crippen LogP contribution in [-0.4, -0.2) is 79.6 Å². The van der Waals surface area contributed by atoms with Gasteiger partial charge in [0, 0.05) is 62.7 Å². The molecule has 4 aromatic heterocycles. The lowest BCUT2D eigenvalue weighted by atomic mass is 10.1. The van der Waals surface area contributed by atoms with Gasteiger partial charge in [0.15, 0.2) is 0 Å². The fraction of sp³-hybridized carbons (Fsp3) is 0.190. The van der Waals surface area contributed by atoms with Crippen molar-refractivity contribution in [2.45, 2.75) is 12.8 Å². The highest BCUT2D eigenvalue weighted by Gasteiger charge is 2.13. The van der Waals surface area contributed by atoms with Crippen molar-refractivity contribution in [2.75, 3.05) is 55.7 Å². The summed E-state index contributed by atoms with van der Waals surface area (Å²) in [6.07, 6.45) is 5.82. The van der Waals surface area contributed by atoms with Crippen molar-refractivity contribution in [3.63, 3.8) is 0 Å². The lowest BCUT2D eigenvalue weighted by Crippen LogP contribution is -2.10. The number of nitrogens with zero attached hydrogens (tertiary/aromatic N) is 6. The average molecular weight is 918 g/mol. The van der Waals surface area contributed by atoms with Gasteiger partial charge in [0.2, 0.25) is 33.7 Å². The van der Waals surface area contributed by atoms with Gasteiger partial charge in [-0.3, -0.25) is 0 Å². The summed E-state index contributed by atoms with van der Waals surface area (Å²) in [6, 6.07) is 31.0. The summed E-state index contributed by atoms with van der Waals surface area (Å²) in [7, 11) is -4.53. The molecule has 4 heterocycles. The number of anilines is 5. The highest BCUT2D eigenvalue weighted by atomic mass is 35.5. The van der Waals surface area contributed by atoms with Crippen molar-refractivity contribution >= 4 is 111 Å². The van der Waals surface area contributed by atoms with Gasteiger partial charge in [0.1, 0.15) is 14.3 Å². The Balaban J connectivity index is 0.000000170. The van der Waals surface area contributed by atoms with E-state index in [1.807, 2.05) is 54.9 Å². The number of fused-ring (bicyclic) bond motifs is 2. The lowest BCUT2D eigenvalue weighted by molar-refractivity contribution is 0.587. The number of rotatable bonds is 12. The number of nitrogens with two attached hydrogens (primary N) is 1. The minimum atomic E-state index is -2.29. The van der Waals surface area contributed by atoms with Crippen LogP contribution in [0.4, 0.5) is 29.2 Å². The predicted octanol–water partition coefficient (Wildman–Crippen LogP) is 9.49. The molecule has 0 radical (unpaired) electrons. The maximum atomic E-state index is 12.2. The number of nitrogens with one attached hydrogen (secondary N) is 5. The second-order valence-electron chi connectivity index (χ2n) is 14.4. The first-order chi connectivity index (χ1) is 29.1. The highest BCUT2D eigenvalue weighted by molar-refractivity contribution is 7.70. The molecule has 14 nitrogen and oxygen atoms in total. The Hall–Kier alpha value is -5.33. The molecule has 0 saturated heterocycles. The van der Waals surface area contributed by atoms with E-state index in [2.05, 4.69) is 86.2 Å². The molecular weight excluding hydrogens is 873 g/mol. The molecule has 0 atom stereocenters. The van der Waals surface area contributed by atoms with Gasteiger partial charge in [-0.25, -0.2) is 0 Å². The van der Waals surface area contributed by atoms with Gasteiger partial charge >= 0.3 is 0 Å².